The zero-order valence-corrected chi connectivity index (χ0v) is 11.3. The lowest BCUT2D eigenvalue weighted by Gasteiger charge is -2.30. The first-order valence-corrected chi connectivity index (χ1v) is 6.28. The number of nitrogens with zero attached hydrogens (tertiary/aromatic N) is 2. The van der Waals surface area contributed by atoms with Crippen molar-refractivity contribution in [3.63, 3.8) is 0 Å². The van der Waals surface area contributed by atoms with Crippen LogP contribution >= 0.6 is 11.6 Å². The van der Waals surface area contributed by atoms with Gasteiger partial charge < -0.3 is 9.84 Å². The zero-order valence-electron chi connectivity index (χ0n) is 10.5. The Hall–Kier alpha value is -0.580. The lowest BCUT2D eigenvalue weighted by atomic mass is 9.77. The Morgan fingerprint density at radius 1 is 1.65 bits per heavy atom. The maximum Gasteiger partial charge on any atom is 0.130 e. The maximum atomic E-state index is 9.69. The van der Waals surface area contributed by atoms with Gasteiger partial charge in [0.2, 0.25) is 0 Å². The summed E-state index contributed by atoms with van der Waals surface area (Å²) in [6.45, 7) is 4.80. The summed E-state index contributed by atoms with van der Waals surface area (Å²) in [5, 5.41) is 14.7. The van der Waals surface area contributed by atoms with Crippen LogP contribution in [0.3, 0.4) is 0 Å². The van der Waals surface area contributed by atoms with Crippen LogP contribution in [0.5, 0.6) is 0 Å². The van der Waals surface area contributed by atoms with Crippen LogP contribution in [0.2, 0.25) is 5.15 Å². The molecule has 1 aliphatic heterocycles. The predicted molar refractivity (Wildman–Crippen MR) is 66.2 cm³/mol. The molecule has 1 aliphatic rings. The summed E-state index contributed by atoms with van der Waals surface area (Å²) in [6, 6.07) is 0. The molecule has 1 N–H and O–H groups in total. The average Bonchev–Trinajstić information content (AvgIpc) is 2.76. The van der Waals surface area contributed by atoms with Crippen LogP contribution in [-0.4, -0.2) is 34.2 Å². The summed E-state index contributed by atoms with van der Waals surface area (Å²) in [5.41, 5.74) is 1.75. The van der Waals surface area contributed by atoms with Gasteiger partial charge in [-0.25, -0.2) is 0 Å². The predicted octanol–water partition coefficient (Wildman–Crippen LogP) is 1.71. The van der Waals surface area contributed by atoms with E-state index >= 15 is 0 Å². The van der Waals surface area contributed by atoms with Crippen molar-refractivity contribution in [2.75, 3.05) is 13.2 Å². The van der Waals surface area contributed by atoms with Crippen molar-refractivity contribution < 1.29 is 9.84 Å². The Bertz CT molecular complexity index is 419. The lowest BCUT2D eigenvalue weighted by Crippen LogP contribution is -2.35. The van der Waals surface area contributed by atoms with Gasteiger partial charge in [-0.15, -0.1) is 0 Å². The third-order valence-corrected chi connectivity index (χ3v) is 4.42. The van der Waals surface area contributed by atoms with E-state index in [0.717, 1.165) is 24.1 Å². The van der Waals surface area contributed by atoms with E-state index in [1.165, 1.54) is 0 Å². The van der Waals surface area contributed by atoms with Gasteiger partial charge in [-0.1, -0.05) is 11.6 Å². The molecule has 2 atom stereocenters. The fourth-order valence-electron chi connectivity index (χ4n) is 2.54. The number of ether oxygens (including phenoxy) is 1. The monoisotopic (exact) mass is 258 g/mol. The Balaban J connectivity index is 2.30. The van der Waals surface area contributed by atoms with E-state index in [-0.39, 0.29) is 18.1 Å². The molecule has 1 fully saturated rings. The van der Waals surface area contributed by atoms with Gasteiger partial charge in [0.15, 0.2) is 0 Å². The number of hydrogen-bond acceptors (Lipinski definition) is 3. The highest BCUT2D eigenvalue weighted by atomic mass is 35.5. The van der Waals surface area contributed by atoms with Crippen molar-refractivity contribution in [3.8, 4) is 0 Å². The third kappa shape index (κ3) is 2.09. The van der Waals surface area contributed by atoms with Crippen molar-refractivity contribution in [1.29, 1.82) is 0 Å². The van der Waals surface area contributed by atoms with Gasteiger partial charge in [0.1, 0.15) is 5.15 Å². The van der Waals surface area contributed by atoms with E-state index in [2.05, 4.69) is 5.10 Å². The fraction of sp³-hybridized carbons (Fsp3) is 0.750. The minimum Gasteiger partial charge on any atom is -0.396 e. The van der Waals surface area contributed by atoms with Crippen LogP contribution in [0.25, 0.3) is 0 Å². The zero-order chi connectivity index (χ0) is 12.6. The summed E-state index contributed by atoms with van der Waals surface area (Å²) in [6.07, 6.45) is 1.65. The number of aryl methyl sites for hydroxylation is 2. The van der Waals surface area contributed by atoms with Gasteiger partial charge in [-0.2, -0.15) is 5.10 Å². The first-order chi connectivity index (χ1) is 8.00. The van der Waals surface area contributed by atoms with Crippen molar-refractivity contribution in [3.05, 3.63) is 16.4 Å². The van der Waals surface area contributed by atoms with Gasteiger partial charge in [0.05, 0.1) is 18.4 Å². The molecular formula is C12H19ClN2O2. The van der Waals surface area contributed by atoms with E-state index in [9.17, 15) is 5.11 Å². The second-order valence-corrected chi connectivity index (χ2v) is 5.30. The maximum absolute atomic E-state index is 9.69. The highest BCUT2D eigenvalue weighted by molar-refractivity contribution is 6.30. The van der Waals surface area contributed by atoms with Crippen molar-refractivity contribution in [2.45, 2.75) is 32.8 Å². The van der Waals surface area contributed by atoms with Gasteiger partial charge in [0, 0.05) is 24.6 Å². The van der Waals surface area contributed by atoms with E-state index in [4.69, 9.17) is 16.3 Å². The SMILES string of the molecule is Cc1nn(C)c(Cl)c1CC1(CO)CCOC1C. The Morgan fingerprint density at radius 2 is 2.35 bits per heavy atom. The van der Waals surface area contributed by atoms with E-state index < -0.39 is 0 Å². The van der Waals surface area contributed by atoms with Gasteiger partial charge in [0.25, 0.3) is 0 Å². The van der Waals surface area contributed by atoms with Gasteiger partial charge >= 0.3 is 0 Å². The molecule has 17 heavy (non-hydrogen) atoms. The van der Waals surface area contributed by atoms with Crippen molar-refractivity contribution in [1.82, 2.24) is 9.78 Å². The molecule has 2 unspecified atom stereocenters. The van der Waals surface area contributed by atoms with E-state index in [0.29, 0.717) is 11.8 Å². The topological polar surface area (TPSA) is 47.3 Å². The molecular weight excluding hydrogens is 240 g/mol. The molecule has 0 amide bonds. The number of rotatable bonds is 3. The molecule has 4 nitrogen and oxygen atoms in total. The summed E-state index contributed by atoms with van der Waals surface area (Å²) in [4.78, 5) is 0. The molecule has 1 aromatic heterocycles. The van der Waals surface area contributed by atoms with E-state index in [1.807, 2.05) is 20.9 Å². The largest absolute Gasteiger partial charge is 0.396 e. The molecule has 1 aromatic rings. The Labute approximate surface area is 107 Å². The molecule has 0 aliphatic carbocycles. The standard InChI is InChI=1S/C12H19ClN2O2/c1-8-10(11(13)15(3)14-8)6-12(7-16)4-5-17-9(12)2/h9,16H,4-7H2,1-3H3. The third-order valence-electron chi connectivity index (χ3n) is 3.94. The summed E-state index contributed by atoms with van der Waals surface area (Å²) >= 11 is 6.24. The van der Waals surface area contributed by atoms with Crippen LogP contribution in [-0.2, 0) is 18.2 Å². The number of aromatic nitrogens is 2. The van der Waals surface area contributed by atoms with Gasteiger partial charge in [-0.05, 0) is 26.7 Å². The normalized spacial score (nSPS) is 28.9. The highest BCUT2D eigenvalue weighted by Gasteiger charge is 2.42. The van der Waals surface area contributed by atoms with Crippen LogP contribution in [0, 0.1) is 12.3 Å². The highest BCUT2D eigenvalue weighted by Crippen LogP contribution is 2.39. The van der Waals surface area contributed by atoms with Gasteiger partial charge in [-0.3, -0.25) is 4.68 Å². The average molecular weight is 259 g/mol. The van der Waals surface area contributed by atoms with E-state index in [1.54, 1.807) is 4.68 Å². The first-order valence-electron chi connectivity index (χ1n) is 5.90. The number of halogens is 1. The minimum atomic E-state index is -0.211. The quantitative estimate of drug-likeness (QED) is 0.898. The molecule has 2 heterocycles. The lowest BCUT2D eigenvalue weighted by molar-refractivity contribution is 0.0271. The van der Waals surface area contributed by atoms with Crippen LogP contribution < -0.4 is 0 Å². The summed E-state index contributed by atoms with van der Waals surface area (Å²) in [7, 11) is 1.83. The summed E-state index contributed by atoms with van der Waals surface area (Å²) < 4.78 is 7.27. The molecule has 0 saturated carbocycles. The molecule has 0 spiro atoms. The molecule has 1 saturated heterocycles. The first kappa shape index (κ1) is 12.9. The molecule has 5 heteroatoms. The number of aliphatic hydroxyl groups is 1. The Kier molecular flexibility index (Phi) is 3.48. The minimum absolute atomic E-state index is 0.0585. The molecule has 0 radical (unpaired) electrons. The molecule has 2 rings (SSSR count). The second kappa shape index (κ2) is 4.59. The van der Waals surface area contributed by atoms with Crippen molar-refractivity contribution >= 4 is 11.6 Å². The fourth-order valence-corrected chi connectivity index (χ4v) is 2.78. The Morgan fingerprint density at radius 3 is 2.76 bits per heavy atom. The summed E-state index contributed by atoms with van der Waals surface area (Å²) in [5.74, 6) is 0. The number of aliphatic hydroxyl groups excluding tert-OH is 1. The smallest absolute Gasteiger partial charge is 0.130 e. The second-order valence-electron chi connectivity index (χ2n) is 4.94. The van der Waals surface area contributed by atoms with Crippen LogP contribution in [0.4, 0.5) is 0 Å². The molecule has 96 valence electrons. The van der Waals surface area contributed by atoms with Crippen LogP contribution in [0.1, 0.15) is 24.6 Å². The molecule has 0 aromatic carbocycles. The number of hydrogen-bond donors (Lipinski definition) is 1. The molecule has 0 bridgehead atoms. The van der Waals surface area contributed by atoms with Crippen LogP contribution in [0.15, 0.2) is 0 Å². The van der Waals surface area contributed by atoms with Crippen molar-refractivity contribution in [2.24, 2.45) is 12.5 Å².